The zero-order chi connectivity index (χ0) is 21.2. The monoisotopic (exact) mass is 467 g/mol. The molecular formula is C15H13BrF3N3O6. The second-order valence-electron chi connectivity index (χ2n) is 5.53. The van der Waals surface area contributed by atoms with Gasteiger partial charge in [0.2, 0.25) is 0 Å². The molecule has 0 saturated heterocycles. The van der Waals surface area contributed by atoms with Crippen LogP contribution in [0, 0.1) is 10.1 Å². The van der Waals surface area contributed by atoms with Crippen LogP contribution in [0.2, 0.25) is 0 Å². The maximum Gasteiger partial charge on any atom is 0.416 e. The van der Waals surface area contributed by atoms with Gasteiger partial charge in [-0.15, -0.1) is 0 Å². The van der Waals surface area contributed by atoms with Crippen LogP contribution in [0.4, 0.5) is 24.5 Å². The summed E-state index contributed by atoms with van der Waals surface area (Å²) in [5, 5.41) is 22.7. The van der Waals surface area contributed by atoms with Gasteiger partial charge in [0.25, 0.3) is 11.6 Å². The van der Waals surface area contributed by atoms with Crippen LogP contribution in [0.3, 0.4) is 0 Å². The molecule has 2 N–H and O–H groups in total. The van der Waals surface area contributed by atoms with Crippen LogP contribution in [-0.4, -0.2) is 53.6 Å². The summed E-state index contributed by atoms with van der Waals surface area (Å²) in [6.07, 6.45) is -4.83. The Balaban J connectivity index is 2.57. The van der Waals surface area contributed by atoms with Crippen LogP contribution in [0.15, 0.2) is 27.9 Å². The zero-order valence-electron chi connectivity index (χ0n) is 14.2. The molecule has 1 aromatic carbocycles. The van der Waals surface area contributed by atoms with Gasteiger partial charge in [-0.2, -0.15) is 13.2 Å². The van der Waals surface area contributed by atoms with Gasteiger partial charge < -0.3 is 20.1 Å². The number of anilines is 1. The van der Waals surface area contributed by atoms with Crippen LogP contribution in [0.5, 0.6) is 0 Å². The number of methoxy groups -OCH3 is 1. The average Bonchev–Trinajstić information content (AvgIpc) is 2.91. The summed E-state index contributed by atoms with van der Waals surface area (Å²) in [4.78, 5) is 35.7. The van der Waals surface area contributed by atoms with E-state index in [1.807, 2.05) is 0 Å². The molecule has 0 bridgehead atoms. The number of carbonyl (C=O) groups excluding carboxylic acids is 2. The highest BCUT2D eigenvalue weighted by Crippen LogP contribution is 2.41. The third kappa shape index (κ3) is 4.25. The second-order valence-corrected chi connectivity index (χ2v) is 6.38. The van der Waals surface area contributed by atoms with E-state index in [1.54, 1.807) is 0 Å². The van der Waals surface area contributed by atoms with Crippen LogP contribution in [-0.2, 0) is 20.5 Å². The SMILES string of the molecule is COC(=O)C1=C(Nc2c(Br)cc(C(F)(F)F)cc2[N+](=O)[O-])C(=O)N(CCO)C1. The van der Waals surface area contributed by atoms with E-state index in [1.165, 1.54) is 0 Å². The van der Waals surface area contributed by atoms with Gasteiger partial charge in [0.1, 0.15) is 11.4 Å². The lowest BCUT2D eigenvalue weighted by Crippen LogP contribution is -2.31. The van der Waals surface area contributed by atoms with Crippen LogP contribution >= 0.6 is 15.9 Å². The number of halogens is 4. The van der Waals surface area contributed by atoms with E-state index in [0.717, 1.165) is 12.0 Å². The standard InChI is InChI=1S/C15H13BrF3N3O6/c1-28-14(25)8-6-21(2-3-23)13(24)11(8)20-12-9(16)4-7(15(17,18)19)5-10(12)22(26)27/h4-5,20,23H,2-3,6H2,1H3. The lowest BCUT2D eigenvalue weighted by atomic mass is 10.1. The number of benzene rings is 1. The number of aliphatic hydroxyl groups is 1. The van der Waals surface area contributed by atoms with Gasteiger partial charge in [-0.3, -0.25) is 14.9 Å². The van der Waals surface area contributed by atoms with Gasteiger partial charge in [-0.1, -0.05) is 0 Å². The molecule has 1 aromatic rings. The highest BCUT2D eigenvalue weighted by Gasteiger charge is 2.38. The van der Waals surface area contributed by atoms with Gasteiger partial charge in [0.05, 0.1) is 36.3 Å². The highest BCUT2D eigenvalue weighted by atomic mass is 79.9. The fourth-order valence-corrected chi connectivity index (χ4v) is 3.05. The highest BCUT2D eigenvalue weighted by molar-refractivity contribution is 9.10. The molecule has 1 aliphatic rings. The molecule has 0 fully saturated rings. The fourth-order valence-electron chi connectivity index (χ4n) is 2.50. The number of nitrogens with one attached hydrogen (secondary N) is 1. The number of amides is 1. The van der Waals surface area contributed by atoms with E-state index in [9.17, 15) is 32.9 Å². The van der Waals surface area contributed by atoms with Crippen LogP contribution in [0.25, 0.3) is 0 Å². The Morgan fingerprint density at radius 1 is 1.46 bits per heavy atom. The molecule has 0 radical (unpaired) electrons. The topological polar surface area (TPSA) is 122 Å². The van der Waals surface area contributed by atoms with Crippen molar-refractivity contribution in [1.82, 2.24) is 4.90 Å². The molecule has 2 rings (SSSR count). The Hall–Kier alpha value is -2.67. The van der Waals surface area contributed by atoms with E-state index in [0.29, 0.717) is 12.1 Å². The van der Waals surface area contributed by atoms with Gasteiger partial charge >= 0.3 is 12.1 Å². The maximum atomic E-state index is 12.9. The molecule has 0 atom stereocenters. The number of rotatable bonds is 6. The van der Waals surface area contributed by atoms with E-state index in [4.69, 9.17) is 5.11 Å². The Kier molecular flexibility index (Phi) is 6.29. The minimum absolute atomic E-state index is 0.124. The quantitative estimate of drug-likeness (QED) is 0.372. The van der Waals surface area contributed by atoms with Crippen molar-refractivity contribution < 1.29 is 37.5 Å². The van der Waals surface area contributed by atoms with Crippen molar-refractivity contribution in [3.63, 3.8) is 0 Å². The molecule has 0 spiro atoms. The first-order valence-electron chi connectivity index (χ1n) is 7.55. The number of esters is 1. The van der Waals surface area contributed by atoms with Gasteiger partial charge in [-0.05, 0) is 22.0 Å². The largest absolute Gasteiger partial charge is 0.466 e. The Labute approximate surface area is 164 Å². The first-order chi connectivity index (χ1) is 13.0. The first kappa shape index (κ1) is 21.6. The molecule has 152 valence electrons. The van der Waals surface area contributed by atoms with E-state index in [2.05, 4.69) is 26.0 Å². The number of hydrogen-bond donors (Lipinski definition) is 2. The number of alkyl halides is 3. The van der Waals surface area contributed by atoms with Crippen molar-refractivity contribution in [3.8, 4) is 0 Å². The average molecular weight is 468 g/mol. The maximum absolute atomic E-state index is 12.9. The summed E-state index contributed by atoms with van der Waals surface area (Å²) in [5.74, 6) is -1.67. The molecule has 13 heteroatoms. The molecule has 1 aliphatic heterocycles. The van der Waals surface area contributed by atoms with Gasteiger partial charge in [0.15, 0.2) is 0 Å². The summed E-state index contributed by atoms with van der Waals surface area (Å²) >= 11 is 2.84. The van der Waals surface area contributed by atoms with E-state index in [-0.39, 0.29) is 28.8 Å². The lowest BCUT2D eigenvalue weighted by molar-refractivity contribution is -0.384. The normalized spacial score (nSPS) is 14.5. The lowest BCUT2D eigenvalue weighted by Gasteiger charge is -2.16. The summed E-state index contributed by atoms with van der Waals surface area (Å²) in [6.45, 7) is -0.765. The molecule has 0 saturated carbocycles. The fraction of sp³-hybridized carbons (Fsp3) is 0.333. The number of nitro groups is 1. The minimum Gasteiger partial charge on any atom is -0.466 e. The second kappa shape index (κ2) is 8.14. The number of nitrogens with zero attached hydrogens (tertiary/aromatic N) is 2. The number of nitro benzene ring substituents is 1. The molecule has 0 unspecified atom stereocenters. The number of β-amino-alcohol motifs (C(OH)–C–C–N with tert-alkyl or cyclic N) is 1. The molecule has 28 heavy (non-hydrogen) atoms. The van der Waals surface area contributed by atoms with Crippen LogP contribution < -0.4 is 5.32 Å². The predicted molar refractivity (Wildman–Crippen MR) is 92.1 cm³/mol. The molecule has 1 amide bonds. The Morgan fingerprint density at radius 2 is 2.11 bits per heavy atom. The third-order valence-electron chi connectivity index (χ3n) is 3.80. The molecule has 1 heterocycles. The number of hydrogen-bond acceptors (Lipinski definition) is 7. The van der Waals surface area contributed by atoms with Crippen molar-refractivity contribution in [2.75, 3.05) is 32.1 Å². The number of carbonyl (C=O) groups is 2. The summed E-state index contributed by atoms with van der Waals surface area (Å²) in [7, 11) is 1.06. The zero-order valence-corrected chi connectivity index (χ0v) is 15.8. The summed E-state index contributed by atoms with van der Waals surface area (Å²) in [6, 6.07) is 0.926. The number of ether oxygens (including phenoxy) is 1. The predicted octanol–water partition coefficient (Wildman–Crippen LogP) is 2.05. The molecule has 0 aromatic heterocycles. The molecule has 0 aliphatic carbocycles. The minimum atomic E-state index is -4.83. The van der Waals surface area contributed by atoms with Crippen LogP contribution in [0.1, 0.15) is 5.56 Å². The van der Waals surface area contributed by atoms with Gasteiger partial charge in [-0.25, -0.2) is 4.79 Å². The van der Waals surface area contributed by atoms with Crippen molar-refractivity contribution in [2.45, 2.75) is 6.18 Å². The van der Waals surface area contributed by atoms with Crippen molar-refractivity contribution in [3.05, 3.63) is 43.6 Å². The van der Waals surface area contributed by atoms with Crippen molar-refractivity contribution in [1.29, 1.82) is 0 Å². The van der Waals surface area contributed by atoms with Gasteiger partial charge in [0, 0.05) is 17.1 Å². The first-order valence-corrected chi connectivity index (χ1v) is 8.34. The Bertz CT molecular complexity index is 871. The molecular weight excluding hydrogens is 455 g/mol. The smallest absolute Gasteiger partial charge is 0.416 e. The Morgan fingerprint density at radius 3 is 2.61 bits per heavy atom. The molecule has 9 nitrogen and oxygen atoms in total. The van der Waals surface area contributed by atoms with Crippen molar-refractivity contribution >= 4 is 39.2 Å². The van der Waals surface area contributed by atoms with E-state index < -0.39 is 46.5 Å². The summed E-state index contributed by atoms with van der Waals surface area (Å²) in [5.41, 5.74) is -3.22. The van der Waals surface area contributed by atoms with E-state index >= 15 is 0 Å². The third-order valence-corrected chi connectivity index (χ3v) is 4.42. The number of aliphatic hydroxyl groups excluding tert-OH is 1. The summed E-state index contributed by atoms with van der Waals surface area (Å²) < 4.78 is 43.1. The van der Waals surface area contributed by atoms with Crippen molar-refractivity contribution in [2.24, 2.45) is 0 Å².